The third kappa shape index (κ3) is 3.57. The van der Waals surface area contributed by atoms with E-state index in [4.69, 9.17) is 25.8 Å². The van der Waals surface area contributed by atoms with Crippen molar-refractivity contribution in [1.82, 2.24) is 0 Å². The Hall–Kier alpha value is -2.07. The highest BCUT2D eigenvalue weighted by molar-refractivity contribution is 6.33. The SMILES string of the molecule is Cc1ccc(OCCNc2cc3c(cc2Cl)OCCO3)cc1. The second-order valence-electron chi connectivity index (χ2n) is 5.06. The second kappa shape index (κ2) is 6.79. The first-order valence-corrected chi connectivity index (χ1v) is 7.62. The number of rotatable bonds is 5. The predicted octanol–water partition coefficient (Wildman–Crippen LogP) is 3.91. The maximum atomic E-state index is 6.24. The minimum Gasteiger partial charge on any atom is -0.492 e. The fourth-order valence-corrected chi connectivity index (χ4v) is 2.41. The topological polar surface area (TPSA) is 39.7 Å². The first-order valence-electron chi connectivity index (χ1n) is 7.25. The Balaban J connectivity index is 1.54. The molecule has 0 aromatic heterocycles. The summed E-state index contributed by atoms with van der Waals surface area (Å²) in [5.41, 5.74) is 2.03. The van der Waals surface area contributed by atoms with Gasteiger partial charge in [0.15, 0.2) is 11.5 Å². The van der Waals surface area contributed by atoms with E-state index in [0.29, 0.717) is 37.1 Å². The third-order valence-electron chi connectivity index (χ3n) is 3.34. The lowest BCUT2D eigenvalue weighted by atomic mass is 10.2. The van der Waals surface area contributed by atoms with Gasteiger partial charge in [0.2, 0.25) is 0 Å². The van der Waals surface area contributed by atoms with Gasteiger partial charge in [-0.1, -0.05) is 29.3 Å². The van der Waals surface area contributed by atoms with Gasteiger partial charge in [0.05, 0.1) is 10.7 Å². The summed E-state index contributed by atoms with van der Waals surface area (Å²) < 4.78 is 16.7. The highest BCUT2D eigenvalue weighted by atomic mass is 35.5. The van der Waals surface area contributed by atoms with Gasteiger partial charge in [0.1, 0.15) is 25.6 Å². The maximum Gasteiger partial charge on any atom is 0.163 e. The van der Waals surface area contributed by atoms with Crippen molar-refractivity contribution in [2.24, 2.45) is 0 Å². The molecule has 1 heterocycles. The van der Waals surface area contributed by atoms with Crippen molar-refractivity contribution >= 4 is 17.3 Å². The van der Waals surface area contributed by atoms with Gasteiger partial charge in [-0.25, -0.2) is 0 Å². The van der Waals surface area contributed by atoms with Crippen LogP contribution < -0.4 is 19.5 Å². The molecule has 1 aliphatic rings. The Bertz CT molecular complexity index is 643. The molecular formula is C17H18ClNO3. The van der Waals surface area contributed by atoms with Crippen LogP contribution >= 0.6 is 11.6 Å². The first-order chi connectivity index (χ1) is 10.7. The lowest BCUT2D eigenvalue weighted by molar-refractivity contribution is 0.171. The molecule has 0 aliphatic carbocycles. The van der Waals surface area contributed by atoms with Crippen molar-refractivity contribution in [2.75, 3.05) is 31.7 Å². The average molecular weight is 320 g/mol. The van der Waals surface area contributed by atoms with Crippen molar-refractivity contribution in [1.29, 1.82) is 0 Å². The minimum atomic E-state index is 0.549. The van der Waals surface area contributed by atoms with E-state index in [1.165, 1.54) is 5.56 Å². The van der Waals surface area contributed by atoms with Crippen LogP contribution in [0.5, 0.6) is 17.2 Å². The molecule has 0 bridgehead atoms. The molecule has 2 aromatic rings. The van der Waals surface area contributed by atoms with Gasteiger partial charge < -0.3 is 19.5 Å². The molecule has 0 saturated carbocycles. The van der Waals surface area contributed by atoms with Gasteiger partial charge >= 0.3 is 0 Å². The molecule has 116 valence electrons. The van der Waals surface area contributed by atoms with E-state index in [0.717, 1.165) is 17.2 Å². The Kier molecular flexibility index (Phi) is 4.59. The van der Waals surface area contributed by atoms with Crippen molar-refractivity contribution < 1.29 is 14.2 Å². The molecule has 1 N–H and O–H groups in total. The first kappa shape index (κ1) is 14.9. The molecule has 0 radical (unpaired) electrons. The molecular weight excluding hydrogens is 302 g/mol. The lowest BCUT2D eigenvalue weighted by Crippen LogP contribution is -2.16. The van der Waals surface area contributed by atoms with E-state index in [9.17, 15) is 0 Å². The predicted molar refractivity (Wildman–Crippen MR) is 87.6 cm³/mol. The largest absolute Gasteiger partial charge is 0.492 e. The molecule has 22 heavy (non-hydrogen) atoms. The molecule has 2 aromatic carbocycles. The van der Waals surface area contributed by atoms with Crippen LogP contribution in [-0.4, -0.2) is 26.4 Å². The van der Waals surface area contributed by atoms with E-state index in [-0.39, 0.29) is 0 Å². The van der Waals surface area contributed by atoms with Gasteiger partial charge in [-0.15, -0.1) is 0 Å². The maximum absolute atomic E-state index is 6.24. The fourth-order valence-electron chi connectivity index (χ4n) is 2.19. The van der Waals surface area contributed by atoms with Crippen LogP contribution in [-0.2, 0) is 0 Å². The van der Waals surface area contributed by atoms with Crippen LogP contribution in [0, 0.1) is 6.92 Å². The van der Waals surface area contributed by atoms with E-state index in [2.05, 4.69) is 12.2 Å². The number of ether oxygens (including phenoxy) is 3. The number of benzene rings is 2. The van der Waals surface area contributed by atoms with E-state index in [1.807, 2.05) is 30.3 Å². The number of nitrogens with one attached hydrogen (secondary N) is 1. The van der Waals surface area contributed by atoms with E-state index < -0.39 is 0 Å². The molecule has 0 fully saturated rings. The molecule has 4 nitrogen and oxygen atoms in total. The zero-order chi connectivity index (χ0) is 15.4. The van der Waals surface area contributed by atoms with Crippen LogP contribution in [0.2, 0.25) is 5.02 Å². The number of hydrogen-bond donors (Lipinski definition) is 1. The molecule has 0 spiro atoms. The highest BCUT2D eigenvalue weighted by Crippen LogP contribution is 2.37. The van der Waals surface area contributed by atoms with Crippen LogP contribution in [0.25, 0.3) is 0 Å². The number of halogens is 1. The Labute approximate surface area is 135 Å². The van der Waals surface area contributed by atoms with Crippen LogP contribution in [0.3, 0.4) is 0 Å². The molecule has 3 rings (SSSR count). The van der Waals surface area contributed by atoms with Crippen LogP contribution in [0.4, 0.5) is 5.69 Å². The molecule has 5 heteroatoms. The standard InChI is InChI=1S/C17H18ClNO3/c1-12-2-4-13(5-3-12)20-7-6-19-15-11-17-16(10-14(15)18)21-8-9-22-17/h2-5,10-11,19H,6-9H2,1H3. The van der Waals surface area contributed by atoms with Crippen LogP contribution in [0.1, 0.15) is 5.56 Å². The van der Waals surface area contributed by atoms with Gasteiger partial charge in [-0.05, 0) is 19.1 Å². The molecule has 0 unspecified atom stereocenters. The monoisotopic (exact) mass is 319 g/mol. The Morgan fingerprint density at radius 1 is 1.09 bits per heavy atom. The summed E-state index contributed by atoms with van der Waals surface area (Å²) in [6, 6.07) is 11.6. The van der Waals surface area contributed by atoms with Gasteiger partial charge in [0, 0.05) is 18.7 Å². The van der Waals surface area contributed by atoms with Crippen molar-refractivity contribution in [3.63, 3.8) is 0 Å². The van der Waals surface area contributed by atoms with Crippen molar-refractivity contribution in [3.05, 3.63) is 47.0 Å². The van der Waals surface area contributed by atoms with Gasteiger partial charge in [-0.2, -0.15) is 0 Å². The third-order valence-corrected chi connectivity index (χ3v) is 3.65. The van der Waals surface area contributed by atoms with Crippen molar-refractivity contribution in [3.8, 4) is 17.2 Å². The summed E-state index contributed by atoms with van der Waals surface area (Å²) in [6.07, 6.45) is 0. The van der Waals surface area contributed by atoms with Crippen LogP contribution in [0.15, 0.2) is 36.4 Å². The number of hydrogen-bond acceptors (Lipinski definition) is 4. The summed E-state index contributed by atoms with van der Waals surface area (Å²) in [7, 11) is 0. The summed E-state index contributed by atoms with van der Waals surface area (Å²) in [5, 5.41) is 3.86. The number of anilines is 1. The van der Waals surface area contributed by atoms with E-state index >= 15 is 0 Å². The Morgan fingerprint density at radius 3 is 2.50 bits per heavy atom. The fraction of sp³-hybridized carbons (Fsp3) is 0.294. The summed E-state index contributed by atoms with van der Waals surface area (Å²) in [6.45, 7) is 4.36. The molecule has 0 atom stereocenters. The molecule has 0 saturated heterocycles. The quantitative estimate of drug-likeness (QED) is 0.848. The summed E-state index contributed by atoms with van der Waals surface area (Å²) in [5.74, 6) is 2.27. The zero-order valence-electron chi connectivity index (χ0n) is 12.4. The summed E-state index contributed by atoms with van der Waals surface area (Å²) in [4.78, 5) is 0. The van der Waals surface area contributed by atoms with Gasteiger partial charge in [0.25, 0.3) is 0 Å². The molecule has 0 amide bonds. The number of fused-ring (bicyclic) bond motifs is 1. The second-order valence-corrected chi connectivity index (χ2v) is 5.47. The van der Waals surface area contributed by atoms with Gasteiger partial charge in [-0.3, -0.25) is 0 Å². The smallest absolute Gasteiger partial charge is 0.163 e. The zero-order valence-corrected chi connectivity index (χ0v) is 13.2. The summed E-state index contributed by atoms with van der Waals surface area (Å²) >= 11 is 6.24. The highest BCUT2D eigenvalue weighted by Gasteiger charge is 2.14. The average Bonchev–Trinajstić information content (AvgIpc) is 2.53. The normalized spacial score (nSPS) is 12.8. The lowest BCUT2D eigenvalue weighted by Gasteiger charge is -2.20. The number of aryl methyl sites for hydroxylation is 1. The molecule has 1 aliphatic heterocycles. The van der Waals surface area contributed by atoms with Crippen molar-refractivity contribution in [2.45, 2.75) is 6.92 Å². The van der Waals surface area contributed by atoms with E-state index in [1.54, 1.807) is 6.07 Å². The minimum absolute atomic E-state index is 0.549. The Morgan fingerprint density at radius 2 is 1.77 bits per heavy atom.